The number of hydrogen-bond donors (Lipinski definition) is 2. The van der Waals surface area contributed by atoms with Crippen LogP contribution in [0, 0.1) is 11.8 Å². The van der Waals surface area contributed by atoms with Crippen LogP contribution in [0.4, 0.5) is 0 Å². The number of carbonyl (C=O) groups is 2. The molecule has 4 N–H and O–H groups in total. The lowest BCUT2D eigenvalue weighted by Gasteiger charge is -2.38. The lowest BCUT2D eigenvalue weighted by molar-refractivity contribution is -0.141. The highest BCUT2D eigenvalue weighted by Crippen LogP contribution is 2.23. The van der Waals surface area contributed by atoms with Gasteiger partial charge in [0.15, 0.2) is 0 Å². The molecular weight excluding hydrogens is 218 g/mol. The summed E-state index contributed by atoms with van der Waals surface area (Å²) < 4.78 is 0. The molecule has 1 saturated heterocycles. The molecule has 2 amide bonds. The zero-order chi connectivity index (χ0) is 13.2. The zero-order valence-corrected chi connectivity index (χ0v) is 10.8. The smallest absolute Gasteiger partial charge is 0.227 e. The van der Waals surface area contributed by atoms with E-state index in [0.717, 1.165) is 12.8 Å². The van der Waals surface area contributed by atoms with Crippen LogP contribution in [-0.2, 0) is 9.59 Å². The number of piperidine rings is 1. The molecular formula is C12H23N3O2. The van der Waals surface area contributed by atoms with Crippen molar-refractivity contribution >= 4 is 11.8 Å². The monoisotopic (exact) mass is 241 g/mol. The van der Waals surface area contributed by atoms with E-state index in [-0.39, 0.29) is 35.7 Å². The van der Waals surface area contributed by atoms with E-state index in [1.54, 1.807) is 4.90 Å². The topological polar surface area (TPSA) is 89.4 Å². The summed E-state index contributed by atoms with van der Waals surface area (Å²) in [4.78, 5) is 25.2. The van der Waals surface area contributed by atoms with Crippen molar-refractivity contribution in [1.29, 1.82) is 0 Å². The van der Waals surface area contributed by atoms with Crippen LogP contribution in [0.3, 0.4) is 0 Å². The fraction of sp³-hybridized carbons (Fsp3) is 0.833. The lowest BCUT2D eigenvalue weighted by Crippen LogP contribution is -2.52. The van der Waals surface area contributed by atoms with Crippen LogP contribution in [-0.4, -0.2) is 35.3 Å². The summed E-state index contributed by atoms with van der Waals surface area (Å²) in [6.07, 6.45) is 1.60. The summed E-state index contributed by atoms with van der Waals surface area (Å²) in [5.41, 5.74) is 11.1. The predicted octanol–water partition coefficient (Wildman–Crippen LogP) is 0.0821. The van der Waals surface area contributed by atoms with Gasteiger partial charge in [-0.1, -0.05) is 6.92 Å². The van der Waals surface area contributed by atoms with Gasteiger partial charge in [0.1, 0.15) is 0 Å². The average molecular weight is 241 g/mol. The van der Waals surface area contributed by atoms with Crippen LogP contribution in [0.25, 0.3) is 0 Å². The van der Waals surface area contributed by atoms with Gasteiger partial charge in [0, 0.05) is 18.6 Å². The van der Waals surface area contributed by atoms with E-state index in [1.807, 2.05) is 20.8 Å². The highest BCUT2D eigenvalue weighted by Gasteiger charge is 2.34. The maximum absolute atomic E-state index is 12.2. The fourth-order valence-corrected chi connectivity index (χ4v) is 2.13. The Morgan fingerprint density at radius 3 is 2.35 bits per heavy atom. The maximum atomic E-state index is 12.2. The van der Waals surface area contributed by atoms with Gasteiger partial charge in [-0.2, -0.15) is 0 Å². The van der Waals surface area contributed by atoms with Crippen LogP contribution in [0.5, 0.6) is 0 Å². The molecule has 5 heteroatoms. The molecule has 0 bridgehead atoms. The minimum absolute atomic E-state index is 0.0263. The number of hydrogen-bond acceptors (Lipinski definition) is 3. The number of nitrogens with zero attached hydrogens (tertiary/aromatic N) is 1. The van der Waals surface area contributed by atoms with Crippen molar-refractivity contribution in [3.63, 3.8) is 0 Å². The Morgan fingerprint density at radius 1 is 1.29 bits per heavy atom. The average Bonchev–Trinajstić information content (AvgIpc) is 2.27. The Bertz CT molecular complexity index is 304. The van der Waals surface area contributed by atoms with Crippen LogP contribution in [0.1, 0.15) is 33.6 Å². The molecule has 1 aliphatic rings. The molecule has 17 heavy (non-hydrogen) atoms. The van der Waals surface area contributed by atoms with Gasteiger partial charge in [0.05, 0.1) is 11.8 Å². The molecule has 0 aromatic rings. The lowest BCUT2D eigenvalue weighted by atomic mass is 9.91. The molecule has 0 aliphatic carbocycles. The molecule has 0 radical (unpaired) electrons. The molecule has 4 unspecified atom stereocenters. The van der Waals surface area contributed by atoms with E-state index in [1.165, 1.54) is 0 Å². The normalized spacial score (nSPS) is 28.6. The van der Waals surface area contributed by atoms with E-state index in [9.17, 15) is 9.59 Å². The second-order valence-corrected chi connectivity index (χ2v) is 5.16. The molecule has 4 atom stereocenters. The van der Waals surface area contributed by atoms with Gasteiger partial charge >= 0.3 is 0 Å². The van der Waals surface area contributed by atoms with E-state index in [0.29, 0.717) is 6.54 Å². The molecule has 0 aromatic carbocycles. The number of rotatable bonds is 3. The maximum Gasteiger partial charge on any atom is 0.227 e. The highest BCUT2D eigenvalue weighted by molar-refractivity contribution is 5.82. The first-order valence-corrected chi connectivity index (χ1v) is 6.20. The number of carbonyl (C=O) groups excluding carboxylic acids is 2. The fourth-order valence-electron chi connectivity index (χ4n) is 2.13. The van der Waals surface area contributed by atoms with E-state index >= 15 is 0 Å². The Balaban J connectivity index is 2.73. The Labute approximate surface area is 103 Å². The van der Waals surface area contributed by atoms with E-state index < -0.39 is 0 Å². The van der Waals surface area contributed by atoms with Crippen LogP contribution >= 0.6 is 0 Å². The van der Waals surface area contributed by atoms with E-state index in [2.05, 4.69) is 0 Å². The highest BCUT2D eigenvalue weighted by atomic mass is 16.2. The van der Waals surface area contributed by atoms with Gasteiger partial charge in [-0.25, -0.2) is 0 Å². The van der Waals surface area contributed by atoms with Crippen LogP contribution in [0.15, 0.2) is 0 Å². The van der Waals surface area contributed by atoms with Gasteiger partial charge < -0.3 is 16.4 Å². The molecule has 5 nitrogen and oxygen atoms in total. The van der Waals surface area contributed by atoms with Crippen molar-refractivity contribution in [2.75, 3.05) is 6.54 Å². The van der Waals surface area contributed by atoms with Crippen LogP contribution < -0.4 is 11.5 Å². The summed E-state index contributed by atoms with van der Waals surface area (Å²) in [7, 11) is 0. The Kier molecular flexibility index (Phi) is 4.51. The number of amides is 2. The number of nitrogens with two attached hydrogens (primary N) is 2. The Morgan fingerprint density at radius 2 is 1.88 bits per heavy atom. The van der Waals surface area contributed by atoms with Crippen molar-refractivity contribution in [3.8, 4) is 0 Å². The summed E-state index contributed by atoms with van der Waals surface area (Å²) in [6, 6.07) is -0.0112. The minimum atomic E-state index is -0.317. The SMILES string of the molecule is CC(N)C(C)C(=O)N1CC(C(N)=O)CCC1C. The molecule has 0 saturated carbocycles. The standard InChI is InChI=1S/C12H23N3O2/c1-7-4-5-10(11(14)16)6-15(7)12(17)8(2)9(3)13/h7-10H,4-6,13H2,1-3H3,(H2,14,16). The van der Waals surface area contributed by atoms with Crippen molar-refractivity contribution in [2.24, 2.45) is 23.3 Å². The van der Waals surface area contributed by atoms with Gasteiger partial charge in [-0.15, -0.1) is 0 Å². The number of likely N-dealkylation sites (tertiary alicyclic amines) is 1. The molecule has 1 rings (SSSR count). The van der Waals surface area contributed by atoms with Crippen molar-refractivity contribution in [3.05, 3.63) is 0 Å². The molecule has 0 aromatic heterocycles. The second kappa shape index (κ2) is 5.49. The van der Waals surface area contributed by atoms with Crippen LogP contribution in [0.2, 0.25) is 0 Å². The van der Waals surface area contributed by atoms with Gasteiger partial charge in [-0.3, -0.25) is 9.59 Å². The predicted molar refractivity (Wildman–Crippen MR) is 65.9 cm³/mol. The zero-order valence-electron chi connectivity index (χ0n) is 10.8. The largest absolute Gasteiger partial charge is 0.369 e. The molecule has 98 valence electrons. The summed E-state index contributed by atoms with van der Waals surface area (Å²) in [6.45, 7) is 6.09. The van der Waals surface area contributed by atoms with Crippen molar-refractivity contribution < 1.29 is 9.59 Å². The van der Waals surface area contributed by atoms with E-state index in [4.69, 9.17) is 11.5 Å². The van der Waals surface area contributed by atoms with Gasteiger partial charge in [-0.05, 0) is 26.7 Å². The summed E-state index contributed by atoms with van der Waals surface area (Å²) >= 11 is 0. The third-order valence-electron chi connectivity index (χ3n) is 3.75. The first kappa shape index (κ1) is 14.0. The first-order chi connectivity index (χ1) is 7.84. The number of primary amides is 1. The molecule has 0 spiro atoms. The molecule has 1 aliphatic heterocycles. The Hall–Kier alpha value is -1.10. The van der Waals surface area contributed by atoms with Gasteiger partial charge in [0.2, 0.25) is 11.8 Å². The van der Waals surface area contributed by atoms with Crippen molar-refractivity contribution in [2.45, 2.75) is 45.7 Å². The first-order valence-electron chi connectivity index (χ1n) is 6.20. The second-order valence-electron chi connectivity index (χ2n) is 5.16. The minimum Gasteiger partial charge on any atom is -0.369 e. The summed E-state index contributed by atoms with van der Waals surface area (Å²) in [5, 5.41) is 0. The third kappa shape index (κ3) is 3.19. The van der Waals surface area contributed by atoms with Gasteiger partial charge in [0.25, 0.3) is 0 Å². The molecule has 1 fully saturated rings. The van der Waals surface area contributed by atoms with Crippen molar-refractivity contribution in [1.82, 2.24) is 4.90 Å². The quantitative estimate of drug-likeness (QED) is 0.733. The molecule has 1 heterocycles. The summed E-state index contributed by atoms with van der Waals surface area (Å²) in [5.74, 6) is -0.721. The third-order valence-corrected chi connectivity index (χ3v) is 3.75.